The van der Waals surface area contributed by atoms with E-state index in [0.717, 1.165) is 43.4 Å². The van der Waals surface area contributed by atoms with Gasteiger partial charge in [0.15, 0.2) is 0 Å². The number of hydrogen-bond donors (Lipinski definition) is 4. The molecule has 2 saturated carbocycles. The minimum Gasteiger partial charge on any atom is -0.370 e. The summed E-state index contributed by atoms with van der Waals surface area (Å²) in [6, 6.07) is 0.978. The summed E-state index contributed by atoms with van der Waals surface area (Å²) in [7, 11) is 0. The molecule has 0 aromatic carbocycles. The molecule has 2 aliphatic carbocycles. The minimum absolute atomic E-state index is 0.202. The van der Waals surface area contributed by atoms with E-state index in [-0.39, 0.29) is 11.8 Å². The average Bonchev–Trinajstić information content (AvgIpc) is 2.76. The SMILES string of the molecule is CC(C1CCC(N)CC1)C1CCC(N)CC1.NC(=O)CCCCCCCCCCC(N)=O. The molecule has 0 saturated heterocycles. The van der Waals surface area contributed by atoms with Crippen molar-refractivity contribution in [2.75, 3.05) is 0 Å². The van der Waals surface area contributed by atoms with Crippen LogP contribution in [0.15, 0.2) is 0 Å². The Balaban J connectivity index is 0.000000320. The number of unbranched alkanes of at least 4 members (excludes halogenated alkanes) is 7. The highest BCUT2D eigenvalue weighted by atomic mass is 16.1. The molecule has 8 N–H and O–H groups in total. The highest BCUT2D eigenvalue weighted by molar-refractivity contribution is 5.73. The first-order chi connectivity index (χ1) is 15.3. The van der Waals surface area contributed by atoms with Crippen molar-refractivity contribution >= 4 is 11.8 Å². The fourth-order valence-corrected chi connectivity index (χ4v) is 5.39. The zero-order chi connectivity index (χ0) is 23.8. The van der Waals surface area contributed by atoms with E-state index >= 15 is 0 Å². The predicted molar refractivity (Wildman–Crippen MR) is 134 cm³/mol. The number of nitrogens with two attached hydrogens (primary N) is 4. The number of rotatable bonds is 13. The topological polar surface area (TPSA) is 138 Å². The highest BCUT2D eigenvalue weighted by Gasteiger charge is 2.30. The molecule has 0 atom stereocenters. The molecule has 0 unspecified atom stereocenters. The maximum atomic E-state index is 10.4. The van der Waals surface area contributed by atoms with Gasteiger partial charge >= 0.3 is 0 Å². The molecule has 0 spiro atoms. The Labute approximate surface area is 197 Å². The fraction of sp³-hybridized carbons (Fsp3) is 0.923. The predicted octanol–water partition coefficient (Wildman–Crippen LogP) is 4.52. The third-order valence-corrected chi connectivity index (χ3v) is 7.72. The van der Waals surface area contributed by atoms with Crippen LogP contribution in [0.1, 0.15) is 122 Å². The largest absolute Gasteiger partial charge is 0.370 e. The lowest BCUT2D eigenvalue weighted by atomic mass is 9.69. The van der Waals surface area contributed by atoms with Crippen LogP contribution in [0.25, 0.3) is 0 Å². The fourth-order valence-electron chi connectivity index (χ4n) is 5.39. The van der Waals surface area contributed by atoms with Gasteiger partial charge in [0.1, 0.15) is 0 Å². The third-order valence-electron chi connectivity index (χ3n) is 7.72. The number of primary amides is 2. The summed E-state index contributed by atoms with van der Waals surface area (Å²) in [5, 5.41) is 0. The first kappa shape index (κ1) is 28.9. The molecule has 188 valence electrons. The van der Waals surface area contributed by atoms with E-state index in [4.69, 9.17) is 22.9 Å². The molecule has 2 aliphatic rings. The van der Waals surface area contributed by atoms with Gasteiger partial charge < -0.3 is 22.9 Å². The molecule has 0 aromatic heterocycles. The average molecular weight is 453 g/mol. The summed E-state index contributed by atoms with van der Waals surface area (Å²) in [4.78, 5) is 20.9. The van der Waals surface area contributed by atoms with Crippen LogP contribution in [0, 0.1) is 17.8 Å². The third kappa shape index (κ3) is 14.1. The molecular weight excluding hydrogens is 400 g/mol. The summed E-state index contributed by atoms with van der Waals surface area (Å²) < 4.78 is 0. The molecule has 2 fully saturated rings. The van der Waals surface area contributed by atoms with E-state index in [1.807, 2.05) is 0 Å². The van der Waals surface area contributed by atoms with Gasteiger partial charge in [-0.05, 0) is 82.0 Å². The Hall–Kier alpha value is -1.14. The molecule has 2 amide bonds. The molecule has 6 heteroatoms. The zero-order valence-corrected chi connectivity index (χ0v) is 20.7. The van der Waals surface area contributed by atoms with E-state index in [2.05, 4.69) is 6.92 Å². The Bertz CT molecular complexity index is 454. The molecule has 2 rings (SSSR count). The van der Waals surface area contributed by atoms with Crippen molar-refractivity contribution < 1.29 is 9.59 Å². The van der Waals surface area contributed by atoms with Gasteiger partial charge in [0.25, 0.3) is 0 Å². The lowest BCUT2D eigenvalue weighted by molar-refractivity contribution is -0.119. The van der Waals surface area contributed by atoms with Gasteiger partial charge in [0, 0.05) is 24.9 Å². The smallest absolute Gasteiger partial charge is 0.217 e. The summed E-state index contributed by atoms with van der Waals surface area (Å²) in [6.07, 6.45) is 20.2. The summed E-state index contributed by atoms with van der Waals surface area (Å²) in [6.45, 7) is 2.48. The van der Waals surface area contributed by atoms with E-state index in [0.29, 0.717) is 24.9 Å². The molecule has 0 heterocycles. The number of carbonyl (C=O) groups excluding carboxylic acids is 2. The number of carbonyl (C=O) groups is 2. The maximum Gasteiger partial charge on any atom is 0.217 e. The van der Waals surface area contributed by atoms with Crippen molar-refractivity contribution in [3.8, 4) is 0 Å². The Morgan fingerprint density at radius 2 is 0.875 bits per heavy atom. The Morgan fingerprint density at radius 3 is 1.16 bits per heavy atom. The maximum absolute atomic E-state index is 10.4. The van der Waals surface area contributed by atoms with Crippen LogP contribution in [0.4, 0.5) is 0 Å². The van der Waals surface area contributed by atoms with Gasteiger partial charge in [-0.15, -0.1) is 0 Å². The van der Waals surface area contributed by atoms with E-state index in [9.17, 15) is 9.59 Å². The number of hydrogen-bond acceptors (Lipinski definition) is 4. The van der Waals surface area contributed by atoms with Crippen molar-refractivity contribution in [3.05, 3.63) is 0 Å². The Morgan fingerprint density at radius 1 is 0.594 bits per heavy atom. The second-order valence-electron chi connectivity index (χ2n) is 10.5. The lowest BCUT2D eigenvalue weighted by Gasteiger charge is -2.38. The van der Waals surface area contributed by atoms with Gasteiger partial charge in [-0.1, -0.05) is 45.4 Å². The Kier molecular flexibility index (Phi) is 15.7. The number of amides is 2. The van der Waals surface area contributed by atoms with Crippen LogP contribution < -0.4 is 22.9 Å². The molecule has 6 nitrogen and oxygen atoms in total. The monoisotopic (exact) mass is 452 g/mol. The van der Waals surface area contributed by atoms with E-state index in [1.165, 1.54) is 77.0 Å². The van der Waals surface area contributed by atoms with Gasteiger partial charge in [0.05, 0.1) is 0 Å². The second kappa shape index (κ2) is 17.4. The first-order valence-corrected chi connectivity index (χ1v) is 13.4. The van der Waals surface area contributed by atoms with E-state index < -0.39 is 0 Å². The zero-order valence-electron chi connectivity index (χ0n) is 20.7. The van der Waals surface area contributed by atoms with Crippen molar-refractivity contribution in [3.63, 3.8) is 0 Å². The highest BCUT2D eigenvalue weighted by Crippen LogP contribution is 2.39. The van der Waals surface area contributed by atoms with Crippen LogP contribution in [0.5, 0.6) is 0 Å². The van der Waals surface area contributed by atoms with Crippen molar-refractivity contribution in [2.45, 2.75) is 135 Å². The standard InChI is InChI=1S/C14H28N2.C12H24N2O2/c1-10(11-2-6-13(15)7-3-11)12-4-8-14(16)9-5-12;13-11(15)9-7-5-3-1-2-4-6-8-10-12(14)16/h10-14H,2-9,15-16H2,1H3;1-10H2,(H2,13,15)(H2,14,16). The van der Waals surface area contributed by atoms with Crippen LogP contribution in [-0.2, 0) is 9.59 Å². The van der Waals surface area contributed by atoms with Crippen molar-refractivity contribution in [1.29, 1.82) is 0 Å². The molecule has 0 radical (unpaired) electrons. The first-order valence-electron chi connectivity index (χ1n) is 13.4. The quantitative estimate of drug-likeness (QED) is 0.305. The molecule has 0 aliphatic heterocycles. The van der Waals surface area contributed by atoms with Crippen LogP contribution in [0.3, 0.4) is 0 Å². The van der Waals surface area contributed by atoms with Crippen LogP contribution in [-0.4, -0.2) is 23.9 Å². The normalized spacial score (nSPS) is 26.6. The van der Waals surface area contributed by atoms with Gasteiger partial charge in [-0.25, -0.2) is 0 Å². The van der Waals surface area contributed by atoms with Gasteiger partial charge in [-0.2, -0.15) is 0 Å². The van der Waals surface area contributed by atoms with Gasteiger partial charge in [0.2, 0.25) is 11.8 Å². The van der Waals surface area contributed by atoms with Crippen molar-refractivity contribution in [2.24, 2.45) is 40.7 Å². The van der Waals surface area contributed by atoms with E-state index in [1.54, 1.807) is 0 Å². The molecule has 0 bridgehead atoms. The van der Waals surface area contributed by atoms with Crippen LogP contribution in [0.2, 0.25) is 0 Å². The molecule has 32 heavy (non-hydrogen) atoms. The van der Waals surface area contributed by atoms with Crippen LogP contribution >= 0.6 is 0 Å². The summed E-state index contributed by atoms with van der Waals surface area (Å²) in [5.74, 6) is 2.39. The second-order valence-corrected chi connectivity index (χ2v) is 10.5. The lowest BCUT2D eigenvalue weighted by Crippen LogP contribution is -2.34. The van der Waals surface area contributed by atoms with Crippen molar-refractivity contribution in [1.82, 2.24) is 0 Å². The molecule has 0 aromatic rings. The summed E-state index contributed by atoms with van der Waals surface area (Å²) >= 11 is 0. The summed E-state index contributed by atoms with van der Waals surface area (Å²) in [5.41, 5.74) is 22.0. The molecular formula is C26H52N4O2. The van der Waals surface area contributed by atoms with Gasteiger partial charge in [-0.3, -0.25) is 9.59 Å². The minimum atomic E-state index is -0.202.